The Morgan fingerprint density at radius 1 is 1.15 bits per heavy atom. The van der Waals surface area contributed by atoms with Crippen LogP contribution in [0.25, 0.3) is 0 Å². The van der Waals surface area contributed by atoms with Crippen LogP contribution in [0.5, 0.6) is 11.5 Å². The lowest BCUT2D eigenvalue weighted by Gasteiger charge is -2.25. The largest absolute Gasteiger partial charge is 0.429 e. The van der Waals surface area contributed by atoms with E-state index >= 15 is 0 Å². The van der Waals surface area contributed by atoms with Gasteiger partial charge in [-0.3, -0.25) is 9.59 Å². The highest BCUT2D eigenvalue weighted by atomic mass is 16.5. The summed E-state index contributed by atoms with van der Waals surface area (Å²) < 4.78 is 10.1. The van der Waals surface area contributed by atoms with Crippen molar-refractivity contribution in [3.05, 3.63) is 59.7 Å². The second kappa shape index (κ2) is 5.17. The van der Waals surface area contributed by atoms with Crippen molar-refractivity contribution < 1.29 is 19.1 Å². The molecule has 0 saturated heterocycles. The summed E-state index contributed by atoms with van der Waals surface area (Å²) in [6.45, 7) is 0.383. The third kappa shape index (κ3) is 2.28. The molecular weight excluding hydrogens is 256 g/mol. The summed E-state index contributed by atoms with van der Waals surface area (Å²) in [5.74, 6) is 0.629. The number of ether oxygens (including phenoxy) is 2. The van der Waals surface area contributed by atoms with Gasteiger partial charge in [-0.25, -0.2) is 0 Å². The van der Waals surface area contributed by atoms with E-state index in [0.717, 1.165) is 11.1 Å². The topological polar surface area (TPSA) is 52.6 Å². The summed E-state index contributed by atoms with van der Waals surface area (Å²) >= 11 is 0. The Labute approximate surface area is 115 Å². The molecule has 20 heavy (non-hydrogen) atoms. The average molecular weight is 268 g/mol. The summed E-state index contributed by atoms with van der Waals surface area (Å²) in [5.41, 5.74) is 1.89. The number of hydrogen-bond acceptors (Lipinski definition) is 4. The van der Waals surface area contributed by atoms with Crippen molar-refractivity contribution in [1.29, 1.82) is 0 Å². The fourth-order valence-electron chi connectivity index (χ4n) is 2.44. The van der Waals surface area contributed by atoms with Crippen LogP contribution in [-0.2, 0) is 9.59 Å². The first-order valence-electron chi connectivity index (χ1n) is 6.28. The molecule has 0 saturated carbocycles. The lowest BCUT2D eigenvalue weighted by atomic mass is 9.86. The van der Waals surface area contributed by atoms with Crippen LogP contribution in [0, 0.1) is 0 Å². The number of carbonyl (C=O) groups excluding carboxylic acids is 2. The van der Waals surface area contributed by atoms with Gasteiger partial charge in [0.15, 0.2) is 0 Å². The molecule has 0 radical (unpaired) electrons. The van der Waals surface area contributed by atoms with Crippen LogP contribution in [0.4, 0.5) is 0 Å². The zero-order chi connectivity index (χ0) is 13.9. The lowest BCUT2D eigenvalue weighted by molar-refractivity contribution is -0.135. The molecule has 0 bridgehead atoms. The molecule has 4 heteroatoms. The van der Waals surface area contributed by atoms with E-state index in [2.05, 4.69) is 0 Å². The number of benzene rings is 2. The molecule has 2 aromatic carbocycles. The van der Waals surface area contributed by atoms with Crippen molar-refractivity contribution in [2.45, 2.75) is 12.3 Å². The van der Waals surface area contributed by atoms with Gasteiger partial charge in [0.25, 0.3) is 6.47 Å². The summed E-state index contributed by atoms with van der Waals surface area (Å²) in [6.07, 6.45) is 0.279. The fraction of sp³-hybridized carbons (Fsp3) is 0.125. The number of carbonyl (C=O) groups is 2. The Hall–Kier alpha value is -2.62. The predicted molar refractivity (Wildman–Crippen MR) is 71.7 cm³/mol. The van der Waals surface area contributed by atoms with Crippen molar-refractivity contribution >= 4 is 12.4 Å². The Morgan fingerprint density at radius 3 is 2.70 bits per heavy atom. The maximum absolute atomic E-state index is 11.7. The molecule has 1 aliphatic rings. The van der Waals surface area contributed by atoms with Crippen LogP contribution in [0.1, 0.15) is 23.5 Å². The maximum atomic E-state index is 11.7. The van der Waals surface area contributed by atoms with Crippen molar-refractivity contribution in [2.75, 3.05) is 0 Å². The van der Waals surface area contributed by atoms with Crippen LogP contribution in [0.3, 0.4) is 0 Å². The summed E-state index contributed by atoms with van der Waals surface area (Å²) in [6, 6.07) is 14.7. The van der Waals surface area contributed by atoms with Crippen molar-refractivity contribution in [2.24, 2.45) is 0 Å². The number of rotatable bonds is 3. The normalized spacial score (nSPS) is 17.0. The highest BCUT2D eigenvalue weighted by Crippen LogP contribution is 2.40. The van der Waals surface area contributed by atoms with Gasteiger partial charge < -0.3 is 9.47 Å². The van der Waals surface area contributed by atoms with E-state index in [-0.39, 0.29) is 18.3 Å². The SMILES string of the molecule is O=COc1ccc2c(c1)C(c1ccccc1)CC(=O)O2. The first-order valence-corrected chi connectivity index (χ1v) is 6.28. The minimum Gasteiger partial charge on any atom is -0.429 e. The molecule has 0 N–H and O–H groups in total. The zero-order valence-corrected chi connectivity index (χ0v) is 10.6. The van der Waals surface area contributed by atoms with E-state index in [1.54, 1.807) is 18.2 Å². The predicted octanol–water partition coefficient (Wildman–Crippen LogP) is 2.66. The van der Waals surface area contributed by atoms with Crippen LogP contribution in [0.15, 0.2) is 48.5 Å². The Kier molecular flexibility index (Phi) is 3.21. The van der Waals surface area contributed by atoms with Gasteiger partial charge in [-0.15, -0.1) is 0 Å². The van der Waals surface area contributed by atoms with E-state index in [0.29, 0.717) is 18.0 Å². The Balaban J connectivity index is 2.07. The van der Waals surface area contributed by atoms with Crippen LogP contribution >= 0.6 is 0 Å². The summed E-state index contributed by atoms with van der Waals surface area (Å²) in [5, 5.41) is 0. The molecule has 0 amide bonds. The third-order valence-electron chi connectivity index (χ3n) is 3.34. The molecule has 4 nitrogen and oxygen atoms in total. The van der Waals surface area contributed by atoms with Gasteiger partial charge in [0.1, 0.15) is 11.5 Å². The number of hydrogen-bond donors (Lipinski definition) is 0. The Morgan fingerprint density at radius 2 is 1.95 bits per heavy atom. The number of esters is 1. The molecule has 1 atom stereocenters. The fourth-order valence-corrected chi connectivity index (χ4v) is 2.44. The highest BCUT2D eigenvalue weighted by molar-refractivity contribution is 5.78. The second-order valence-electron chi connectivity index (χ2n) is 4.56. The first kappa shape index (κ1) is 12.4. The second-order valence-corrected chi connectivity index (χ2v) is 4.56. The maximum Gasteiger partial charge on any atom is 0.312 e. The van der Waals surface area contributed by atoms with E-state index in [9.17, 15) is 9.59 Å². The molecule has 100 valence electrons. The van der Waals surface area contributed by atoms with Gasteiger partial charge in [-0.1, -0.05) is 30.3 Å². The molecule has 3 rings (SSSR count). The standard InChI is InChI=1S/C16H12O4/c17-10-19-12-6-7-15-14(8-12)13(9-16(18)20-15)11-4-2-1-3-5-11/h1-8,10,13H,9H2. The monoisotopic (exact) mass is 268 g/mol. The molecule has 0 fully saturated rings. The van der Waals surface area contributed by atoms with E-state index in [1.165, 1.54) is 0 Å². The zero-order valence-electron chi connectivity index (χ0n) is 10.6. The Bertz CT molecular complexity index is 649. The molecular formula is C16H12O4. The summed E-state index contributed by atoms with van der Waals surface area (Å²) in [7, 11) is 0. The van der Waals surface area contributed by atoms with Crippen molar-refractivity contribution in [3.8, 4) is 11.5 Å². The van der Waals surface area contributed by atoms with Gasteiger partial charge in [-0.2, -0.15) is 0 Å². The minimum atomic E-state index is -0.254. The van der Waals surface area contributed by atoms with E-state index in [1.807, 2.05) is 30.3 Å². The van der Waals surface area contributed by atoms with Gasteiger partial charge in [-0.05, 0) is 23.8 Å². The molecule has 2 aromatic rings. The van der Waals surface area contributed by atoms with Crippen molar-refractivity contribution in [1.82, 2.24) is 0 Å². The molecule has 1 aliphatic heterocycles. The smallest absolute Gasteiger partial charge is 0.312 e. The quantitative estimate of drug-likeness (QED) is 0.488. The van der Waals surface area contributed by atoms with Crippen LogP contribution < -0.4 is 9.47 Å². The van der Waals surface area contributed by atoms with Crippen LogP contribution in [-0.4, -0.2) is 12.4 Å². The third-order valence-corrected chi connectivity index (χ3v) is 3.34. The molecule has 1 unspecified atom stereocenters. The molecule has 1 heterocycles. The molecule has 0 aromatic heterocycles. The van der Waals surface area contributed by atoms with Crippen LogP contribution in [0.2, 0.25) is 0 Å². The van der Waals surface area contributed by atoms with Gasteiger partial charge >= 0.3 is 5.97 Å². The van der Waals surface area contributed by atoms with E-state index < -0.39 is 0 Å². The number of fused-ring (bicyclic) bond motifs is 1. The van der Waals surface area contributed by atoms with Gasteiger partial charge in [0.05, 0.1) is 6.42 Å². The average Bonchev–Trinajstić information content (AvgIpc) is 2.48. The first-order chi connectivity index (χ1) is 9.78. The highest BCUT2D eigenvalue weighted by Gasteiger charge is 2.28. The molecule has 0 aliphatic carbocycles. The molecule has 0 spiro atoms. The van der Waals surface area contributed by atoms with E-state index in [4.69, 9.17) is 9.47 Å². The van der Waals surface area contributed by atoms with Gasteiger partial charge in [0, 0.05) is 11.5 Å². The lowest BCUT2D eigenvalue weighted by Crippen LogP contribution is -2.21. The van der Waals surface area contributed by atoms with Crippen molar-refractivity contribution in [3.63, 3.8) is 0 Å². The summed E-state index contributed by atoms with van der Waals surface area (Å²) in [4.78, 5) is 22.1. The van der Waals surface area contributed by atoms with Gasteiger partial charge in [0.2, 0.25) is 0 Å². The minimum absolute atomic E-state index is 0.0809.